The van der Waals surface area contributed by atoms with E-state index in [1.54, 1.807) is 0 Å². The lowest BCUT2D eigenvalue weighted by Gasteiger charge is -2.38. The van der Waals surface area contributed by atoms with E-state index >= 15 is 0 Å². The molecular weight excluding hydrogens is 242 g/mol. The fourth-order valence-electron chi connectivity index (χ4n) is 3.11. The molecule has 2 saturated carbocycles. The molecule has 1 aromatic rings. The molecule has 2 atom stereocenters. The standard InChI is InChI=1S/C14H21N3O2/c1-10-8-15-17(9-10)12-3-2-6-14(7-12,13(18)19)16-11-4-5-11/h8-9,11-12,16H,2-7H2,1H3,(H,18,19). The monoisotopic (exact) mass is 263 g/mol. The van der Waals surface area contributed by atoms with Crippen molar-refractivity contribution in [2.45, 2.75) is 63.1 Å². The van der Waals surface area contributed by atoms with Gasteiger partial charge in [-0.25, -0.2) is 0 Å². The number of aliphatic carboxylic acids is 1. The minimum atomic E-state index is -0.746. The number of hydrogen-bond acceptors (Lipinski definition) is 3. The number of aryl methyl sites for hydroxylation is 1. The van der Waals surface area contributed by atoms with E-state index in [4.69, 9.17) is 0 Å². The third-order valence-electron chi connectivity index (χ3n) is 4.30. The van der Waals surface area contributed by atoms with Gasteiger partial charge in [0.2, 0.25) is 0 Å². The molecule has 2 aliphatic carbocycles. The quantitative estimate of drug-likeness (QED) is 0.870. The molecule has 0 amide bonds. The molecule has 2 unspecified atom stereocenters. The predicted molar refractivity (Wildman–Crippen MR) is 71.0 cm³/mol. The van der Waals surface area contributed by atoms with E-state index in [2.05, 4.69) is 10.4 Å². The highest BCUT2D eigenvalue weighted by molar-refractivity contribution is 5.79. The Labute approximate surface area is 113 Å². The van der Waals surface area contributed by atoms with E-state index in [-0.39, 0.29) is 6.04 Å². The van der Waals surface area contributed by atoms with Crippen molar-refractivity contribution in [3.63, 3.8) is 0 Å². The lowest BCUT2D eigenvalue weighted by atomic mass is 9.78. The minimum absolute atomic E-state index is 0.199. The van der Waals surface area contributed by atoms with Gasteiger partial charge < -0.3 is 5.11 Å². The predicted octanol–water partition coefficient (Wildman–Crippen LogP) is 1.88. The summed E-state index contributed by atoms with van der Waals surface area (Å²) in [5.74, 6) is -0.701. The van der Waals surface area contributed by atoms with Crippen LogP contribution in [0.25, 0.3) is 0 Å². The van der Waals surface area contributed by atoms with Gasteiger partial charge in [-0.05, 0) is 51.0 Å². The zero-order chi connectivity index (χ0) is 13.5. The number of carbonyl (C=O) groups is 1. The first-order valence-electron chi connectivity index (χ1n) is 7.11. The summed E-state index contributed by atoms with van der Waals surface area (Å²) in [6.07, 6.45) is 9.40. The van der Waals surface area contributed by atoms with Crippen LogP contribution in [0.15, 0.2) is 12.4 Å². The lowest BCUT2D eigenvalue weighted by molar-refractivity contribution is -0.147. The molecule has 2 fully saturated rings. The Balaban J connectivity index is 1.79. The highest BCUT2D eigenvalue weighted by Gasteiger charge is 2.46. The Morgan fingerprint density at radius 2 is 2.32 bits per heavy atom. The van der Waals surface area contributed by atoms with Crippen molar-refractivity contribution in [2.75, 3.05) is 0 Å². The maximum Gasteiger partial charge on any atom is 0.323 e. The number of rotatable bonds is 4. The Kier molecular flexibility index (Phi) is 3.09. The number of hydrogen-bond donors (Lipinski definition) is 2. The van der Waals surface area contributed by atoms with Gasteiger partial charge in [0, 0.05) is 12.2 Å². The molecule has 0 saturated heterocycles. The minimum Gasteiger partial charge on any atom is -0.480 e. The van der Waals surface area contributed by atoms with Crippen LogP contribution >= 0.6 is 0 Å². The van der Waals surface area contributed by atoms with Crippen LogP contribution < -0.4 is 5.32 Å². The Morgan fingerprint density at radius 1 is 1.53 bits per heavy atom. The van der Waals surface area contributed by atoms with Gasteiger partial charge in [-0.3, -0.25) is 14.8 Å². The molecular formula is C14H21N3O2. The first-order valence-corrected chi connectivity index (χ1v) is 7.11. The van der Waals surface area contributed by atoms with E-state index in [1.807, 2.05) is 24.0 Å². The number of carboxylic acids is 1. The van der Waals surface area contributed by atoms with Gasteiger partial charge in [0.15, 0.2) is 0 Å². The first-order chi connectivity index (χ1) is 9.09. The summed E-state index contributed by atoms with van der Waals surface area (Å²) >= 11 is 0. The lowest BCUT2D eigenvalue weighted by Crippen LogP contribution is -2.56. The second kappa shape index (κ2) is 4.63. The van der Waals surface area contributed by atoms with Crippen LogP contribution in [0.2, 0.25) is 0 Å². The second-order valence-electron chi connectivity index (χ2n) is 6.05. The van der Waals surface area contributed by atoms with Crippen LogP contribution in [-0.2, 0) is 4.79 Å². The molecule has 0 bridgehead atoms. The molecule has 0 aliphatic heterocycles. The van der Waals surface area contributed by atoms with Gasteiger partial charge >= 0.3 is 5.97 Å². The maximum absolute atomic E-state index is 11.7. The first kappa shape index (κ1) is 12.7. The van der Waals surface area contributed by atoms with Crippen LogP contribution in [0.5, 0.6) is 0 Å². The average Bonchev–Trinajstić information content (AvgIpc) is 3.08. The van der Waals surface area contributed by atoms with Crippen molar-refractivity contribution in [1.29, 1.82) is 0 Å². The van der Waals surface area contributed by atoms with E-state index < -0.39 is 11.5 Å². The summed E-state index contributed by atoms with van der Waals surface area (Å²) in [6, 6.07) is 0.610. The van der Waals surface area contributed by atoms with Crippen LogP contribution in [0.3, 0.4) is 0 Å². The largest absolute Gasteiger partial charge is 0.480 e. The number of aromatic nitrogens is 2. The Hall–Kier alpha value is -1.36. The molecule has 3 rings (SSSR count). The molecule has 0 radical (unpaired) electrons. The summed E-state index contributed by atoms with van der Waals surface area (Å²) in [4.78, 5) is 11.7. The molecule has 1 aromatic heterocycles. The van der Waals surface area contributed by atoms with E-state index in [0.717, 1.165) is 37.7 Å². The average molecular weight is 263 g/mol. The van der Waals surface area contributed by atoms with Crippen LogP contribution in [-0.4, -0.2) is 32.4 Å². The highest BCUT2D eigenvalue weighted by Crippen LogP contribution is 2.38. The zero-order valence-corrected chi connectivity index (χ0v) is 11.3. The summed E-state index contributed by atoms with van der Waals surface area (Å²) in [5.41, 5.74) is 0.380. The van der Waals surface area contributed by atoms with E-state index in [9.17, 15) is 9.90 Å². The van der Waals surface area contributed by atoms with Crippen molar-refractivity contribution < 1.29 is 9.90 Å². The van der Waals surface area contributed by atoms with Crippen molar-refractivity contribution in [3.05, 3.63) is 18.0 Å². The van der Waals surface area contributed by atoms with Crippen LogP contribution in [0.1, 0.15) is 50.1 Å². The SMILES string of the molecule is Cc1cnn(C2CCCC(NC3CC3)(C(=O)O)C2)c1. The molecule has 0 spiro atoms. The molecule has 5 heteroatoms. The number of nitrogens with zero attached hydrogens (tertiary/aromatic N) is 2. The van der Waals surface area contributed by atoms with Gasteiger partial charge in [-0.15, -0.1) is 0 Å². The van der Waals surface area contributed by atoms with Crippen molar-refractivity contribution in [3.8, 4) is 0 Å². The summed E-state index contributed by atoms with van der Waals surface area (Å²) in [5, 5.41) is 17.4. The molecule has 1 heterocycles. The van der Waals surface area contributed by atoms with E-state index in [0.29, 0.717) is 12.5 Å². The fourth-order valence-corrected chi connectivity index (χ4v) is 3.11. The fraction of sp³-hybridized carbons (Fsp3) is 0.714. The van der Waals surface area contributed by atoms with Crippen molar-refractivity contribution in [2.24, 2.45) is 0 Å². The zero-order valence-electron chi connectivity index (χ0n) is 11.3. The number of nitrogens with one attached hydrogen (secondary N) is 1. The van der Waals surface area contributed by atoms with Crippen molar-refractivity contribution >= 4 is 5.97 Å². The van der Waals surface area contributed by atoms with E-state index in [1.165, 1.54) is 0 Å². The Bertz CT molecular complexity index is 481. The van der Waals surface area contributed by atoms with Crippen LogP contribution in [0, 0.1) is 6.92 Å². The smallest absolute Gasteiger partial charge is 0.323 e. The number of carboxylic acid groups (broad SMARTS) is 1. The van der Waals surface area contributed by atoms with Gasteiger partial charge in [0.25, 0.3) is 0 Å². The van der Waals surface area contributed by atoms with Gasteiger partial charge in [0.05, 0.1) is 12.2 Å². The topological polar surface area (TPSA) is 67.2 Å². The normalized spacial score (nSPS) is 31.3. The summed E-state index contributed by atoms with van der Waals surface area (Å²) in [7, 11) is 0. The Morgan fingerprint density at radius 3 is 2.89 bits per heavy atom. The molecule has 0 aromatic carbocycles. The highest BCUT2D eigenvalue weighted by atomic mass is 16.4. The van der Waals surface area contributed by atoms with Gasteiger partial charge in [-0.1, -0.05) is 0 Å². The summed E-state index contributed by atoms with van der Waals surface area (Å²) in [6.45, 7) is 2.01. The molecule has 19 heavy (non-hydrogen) atoms. The molecule has 5 nitrogen and oxygen atoms in total. The molecule has 104 valence electrons. The molecule has 2 aliphatic rings. The maximum atomic E-state index is 11.7. The third-order valence-corrected chi connectivity index (χ3v) is 4.30. The third kappa shape index (κ3) is 2.52. The van der Waals surface area contributed by atoms with Gasteiger partial charge in [0.1, 0.15) is 5.54 Å². The summed E-state index contributed by atoms with van der Waals surface area (Å²) < 4.78 is 1.95. The molecule has 2 N–H and O–H groups in total. The van der Waals surface area contributed by atoms with Crippen LogP contribution in [0.4, 0.5) is 0 Å². The van der Waals surface area contributed by atoms with Crippen molar-refractivity contribution in [1.82, 2.24) is 15.1 Å². The second-order valence-corrected chi connectivity index (χ2v) is 6.05. The van der Waals surface area contributed by atoms with Gasteiger partial charge in [-0.2, -0.15) is 5.10 Å².